The Morgan fingerprint density at radius 2 is 1.62 bits per heavy atom. The lowest BCUT2D eigenvalue weighted by Gasteiger charge is -2.19. The van der Waals surface area contributed by atoms with Gasteiger partial charge in [-0.3, -0.25) is 13.9 Å². The molecule has 1 amide bonds. The Kier molecular flexibility index (Phi) is 8.63. The highest BCUT2D eigenvalue weighted by Crippen LogP contribution is 2.43. The highest BCUT2D eigenvalue weighted by molar-refractivity contribution is 7.52. The standard InChI is InChI=1S/C11H23NO7P2/c1-3-4-5-9(2)11(13)12-6-10(7-20(14,15)16)8-21(17,18)19/h10H,2-8H2,1H3,(H,12,13)(H2,14,15,16)(H2,17,18,19). The lowest BCUT2D eigenvalue weighted by Crippen LogP contribution is -2.33. The molecule has 0 heterocycles. The van der Waals surface area contributed by atoms with Gasteiger partial charge in [-0.1, -0.05) is 19.9 Å². The molecule has 0 aliphatic heterocycles. The van der Waals surface area contributed by atoms with E-state index in [1.54, 1.807) is 0 Å². The van der Waals surface area contributed by atoms with Crippen molar-refractivity contribution < 1.29 is 33.5 Å². The third-order valence-corrected chi connectivity index (χ3v) is 4.68. The van der Waals surface area contributed by atoms with Gasteiger partial charge in [0.25, 0.3) is 0 Å². The topological polar surface area (TPSA) is 144 Å². The van der Waals surface area contributed by atoms with E-state index in [1.165, 1.54) is 0 Å². The highest BCUT2D eigenvalue weighted by Gasteiger charge is 2.28. The number of amides is 1. The minimum Gasteiger partial charge on any atom is -0.352 e. The van der Waals surface area contributed by atoms with Crippen molar-refractivity contribution in [3.05, 3.63) is 12.2 Å². The highest BCUT2D eigenvalue weighted by atomic mass is 31.2. The molecule has 5 N–H and O–H groups in total. The van der Waals surface area contributed by atoms with Crippen molar-refractivity contribution in [3.8, 4) is 0 Å². The van der Waals surface area contributed by atoms with E-state index in [4.69, 9.17) is 19.6 Å². The Morgan fingerprint density at radius 1 is 1.14 bits per heavy atom. The Morgan fingerprint density at radius 3 is 2.00 bits per heavy atom. The number of hydrogen-bond donors (Lipinski definition) is 5. The summed E-state index contributed by atoms with van der Waals surface area (Å²) in [6.07, 6.45) is 0.801. The molecule has 0 aromatic heterocycles. The summed E-state index contributed by atoms with van der Waals surface area (Å²) in [5.41, 5.74) is 0.336. The Bertz CT molecular complexity index is 429. The summed E-state index contributed by atoms with van der Waals surface area (Å²) in [5, 5.41) is 2.41. The predicted molar refractivity (Wildman–Crippen MR) is 79.0 cm³/mol. The van der Waals surface area contributed by atoms with Crippen LogP contribution in [0.25, 0.3) is 0 Å². The van der Waals surface area contributed by atoms with Gasteiger partial charge in [0.2, 0.25) is 5.91 Å². The van der Waals surface area contributed by atoms with E-state index >= 15 is 0 Å². The van der Waals surface area contributed by atoms with E-state index in [9.17, 15) is 13.9 Å². The van der Waals surface area contributed by atoms with Crippen LogP contribution in [0.2, 0.25) is 0 Å². The summed E-state index contributed by atoms with van der Waals surface area (Å²) >= 11 is 0. The quantitative estimate of drug-likeness (QED) is 0.292. The van der Waals surface area contributed by atoms with Crippen LogP contribution in [0, 0.1) is 5.92 Å². The van der Waals surface area contributed by atoms with Gasteiger partial charge in [0.1, 0.15) is 0 Å². The summed E-state index contributed by atoms with van der Waals surface area (Å²) in [6, 6.07) is 0. The Labute approximate surface area is 124 Å². The SMILES string of the molecule is C=C(CCCC)C(=O)NCC(CP(=O)(O)O)CP(=O)(O)O. The largest absolute Gasteiger partial charge is 0.352 e. The van der Waals surface area contributed by atoms with E-state index in [0.29, 0.717) is 12.0 Å². The van der Waals surface area contributed by atoms with Crippen LogP contribution in [0.4, 0.5) is 0 Å². The van der Waals surface area contributed by atoms with Crippen LogP contribution in [-0.4, -0.2) is 44.3 Å². The summed E-state index contributed by atoms with van der Waals surface area (Å²) in [5.74, 6) is -1.47. The average Bonchev–Trinajstić information content (AvgIpc) is 2.28. The summed E-state index contributed by atoms with van der Waals surface area (Å²) in [4.78, 5) is 47.3. The van der Waals surface area contributed by atoms with Crippen molar-refractivity contribution in [2.75, 3.05) is 18.9 Å². The first kappa shape index (κ1) is 20.5. The fraction of sp³-hybridized carbons (Fsp3) is 0.727. The number of rotatable bonds is 10. The van der Waals surface area contributed by atoms with Gasteiger partial charge in [0.05, 0.1) is 12.3 Å². The zero-order valence-electron chi connectivity index (χ0n) is 11.9. The maximum atomic E-state index is 11.7. The predicted octanol–water partition coefficient (Wildman–Crippen LogP) is 0.821. The van der Waals surface area contributed by atoms with E-state index in [1.807, 2.05) is 6.92 Å². The molecule has 0 aromatic carbocycles. The zero-order chi connectivity index (χ0) is 16.7. The van der Waals surface area contributed by atoms with Gasteiger partial charge >= 0.3 is 15.2 Å². The lowest BCUT2D eigenvalue weighted by atomic mass is 10.1. The third-order valence-electron chi connectivity index (χ3n) is 2.70. The van der Waals surface area contributed by atoms with Gasteiger partial charge in [-0.2, -0.15) is 0 Å². The van der Waals surface area contributed by atoms with Gasteiger partial charge < -0.3 is 24.9 Å². The normalized spacial score (nSPS) is 12.5. The smallest absolute Gasteiger partial charge is 0.325 e. The molecule has 0 atom stereocenters. The molecular weight excluding hydrogens is 320 g/mol. The molecule has 0 aliphatic rings. The molecule has 10 heteroatoms. The second-order valence-corrected chi connectivity index (χ2v) is 8.37. The van der Waals surface area contributed by atoms with Crippen LogP contribution in [0.15, 0.2) is 12.2 Å². The minimum atomic E-state index is -4.43. The number of nitrogens with one attached hydrogen (secondary N) is 1. The molecule has 124 valence electrons. The second kappa shape index (κ2) is 8.83. The number of carbonyl (C=O) groups is 1. The Balaban J connectivity index is 4.54. The average molecular weight is 343 g/mol. The maximum Gasteiger partial charge on any atom is 0.325 e. The van der Waals surface area contributed by atoms with E-state index in [0.717, 1.165) is 12.8 Å². The lowest BCUT2D eigenvalue weighted by molar-refractivity contribution is -0.117. The van der Waals surface area contributed by atoms with Crippen molar-refractivity contribution in [2.24, 2.45) is 5.92 Å². The first-order valence-corrected chi connectivity index (χ1v) is 10.1. The molecule has 0 aromatic rings. The molecule has 0 spiro atoms. The molecule has 0 rings (SSSR count). The van der Waals surface area contributed by atoms with Crippen LogP contribution in [0.5, 0.6) is 0 Å². The fourth-order valence-electron chi connectivity index (χ4n) is 1.73. The van der Waals surface area contributed by atoms with Crippen molar-refractivity contribution in [1.29, 1.82) is 0 Å². The van der Waals surface area contributed by atoms with Crippen molar-refractivity contribution in [1.82, 2.24) is 5.32 Å². The third kappa shape index (κ3) is 11.8. The molecule has 0 aliphatic carbocycles. The van der Waals surface area contributed by atoms with E-state index in [-0.39, 0.29) is 6.54 Å². The molecule has 21 heavy (non-hydrogen) atoms. The molecule has 0 radical (unpaired) electrons. The van der Waals surface area contributed by atoms with Crippen LogP contribution in [0.3, 0.4) is 0 Å². The Hall–Kier alpha value is -0.490. The molecule has 0 unspecified atom stereocenters. The van der Waals surface area contributed by atoms with Gasteiger partial charge in [-0.15, -0.1) is 0 Å². The first-order chi connectivity index (χ1) is 9.44. The van der Waals surface area contributed by atoms with Crippen LogP contribution >= 0.6 is 15.2 Å². The molecule has 0 saturated heterocycles. The summed E-state index contributed by atoms with van der Waals surface area (Å²) in [7, 11) is -8.85. The van der Waals surface area contributed by atoms with Gasteiger partial charge in [0, 0.05) is 12.1 Å². The molecule has 0 fully saturated rings. The minimum absolute atomic E-state index is 0.222. The van der Waals surface area contributed by atoms with Crippen molar-refractivity contribution in [3.63, 3.8) is 0 Å². The first-order valence-electron chi connectivity index (χ1n) is 6.49. The van der Waals surface area contributed by atoms with Crippen molar-refractivity contribution in [2.45, 2.75) is 26.2 Å². The number of unbranched alkanes of at least 4 members (excludes halogenated alkanes) is 1. The second-order valence-electron chi connectivity index (χ2n) is 4.98. The fourth-order valence-corrected chi connectivity index (χ4v) is 3.79. The summed E-state index contributed by atoms with van der Waals surface area (Å²) < 4.78 is 21.9. The summed E-state index contributed by atoms with van der Waals surface area (Å²) in [6.45, 7) is 5.34. The number of hydrogen-bond acceptors (Lipinski definition) is 3. The van der Waals surface area contributed by atoms with E-state index in [2.05, 4.69) is 11.9 Å². The van der Waals surface area contributed by atoms with Gasteiger partial charge in [-0.05, 0) is 18.8 Å². The zero-order valence-corrected chi connectivity index (χ0v) is 13.7. The van der Waals surface area contributed by atoms with Crippen LogP contribution < -0.4 is 5.32 Å². The van der Waals surface area contributed by atoms with Crippen LogP contribution in [0.1, 0.15) is 26.2 Å². The van der Waals surface area contributed by atoms with Crippen molar-refractivity contribution >= 4 is 21.1 Å². The monoisotopic (exact) mass is 343 g/mol. The van der Waals surface area contributed by atoms with Gasteiger partial charge in [-0.25, -0.2) is 0 Å². The maximum absolute atomic E-state index is 11.7. The molecule has 0 saturated carbocycles. The molecule has 8 nitrogen and oxygen atoms in total. The molecular formula is C11H23NO7P2. The molecule has 0 bridgehead atoms. The van der Waals surface area contributed by atoms with Crippen LogP contribution in [-0.2, 0) is 13.9 Å². The van der Waals surface area contributed by atoms with E-state index < -0.39 is 39.3 Å². The number of carbonyl (C=O) groups excluding carboxylic acids is 1. The van der Waals surface area contributed by atoms with Gasteiger partial charge in [0.15, 0.2) is 0 Å².